The van der Waals surface area contributed by atoms with Crippen molar-refractivity contribution in [1.82, 2.24) is 10.6 Å². The first-order valence-corrected chi connectivity index (χ1v) is 8.04. The van der Waals surface area contributed by atoms with Gasteiger partial charge in [0.1, 0.15) is 0 Å². The van der Waals surface area contributed by atoms with E-state index < -0.39 is 15.8 Å². The molecule has 2 amide bonds. The minimum absolute atomic E-state index is 0.00114. The minimum atomic E-state index is -2.92. The average Bonchev–Trinajstić information content (AvgIpc) is 2.63. The topological polar surface area (TPSA) is 113 Å². The summed E-state index contributed by atoms with van der Waals surface area (Å²) in [6, 6.07) is -0.387. The second-order valence-electron chi connectivity index (χ2n) is 5.06. The van der Waals surface area contributed by atoms with Crippen LogP contribution in [0.15, 0.2) is 0 Å². The van der Waals surface area contributed by atoms with E-state index in [1.807, 2.05) is 0 Å². The Balaban J connectivity index is 2.17. The molecule has 1 fully saturated rings. The maximum atomic E-state index is 11.4. The molecule has 1 aliphatic heterocycles. The highest BCUT2D eigenvalue weighted by molar-refractivity contribution is 7.91. The number of nitrogens with one attached hydrogen (secondary N) is 2. The van der Waals surface area contributed by atoms with Crippen LogP contribution in [0.1, 0.15) is 19.8 Å². The van der Waals surface area contributed by atoms with Crippen molar-refractivity contribution in [3.05, 3.63) is 0 Å². The average molecular weight is 292 g/mol. The Morgan fingerprint density at radius 2 is 2.05 bits per heavy atom. The molecular formula is C11H20N2O5S. The number of carbonyl (C=O) groups is 2. The molecule has 1 aliphatic rings. The van der Waals surface area contributed by atoms with Gasteiger partial charge in [0.15, 0.2) is 9.84 Å². The third-order valence-electron chi connectivity index (χ3n) is 3.01. The van der Waals surface area contributed by atoms with Crippen LogP contribution in [0.3, 0.4) is 0 Å². The first-order valence-electron chi connectivity index (χ1n) is 6.22. The zero-order valence-corrected chi connectivity index (χ0v) is 11.7. The highest BCUT2D eigenvalue weighted by Crippen LogP contribution is 2.17. The zero-order valence-electron chi connectivity index (χ0n) is 10.9. The Bertz CT molecular complexity index is 434. The van der Waals surface area contributed by atoms with Crippen LogP contribution in [-0.2, 0) is 14.6 Å². The molecule has 19 heavy (non-hydrogen) atoms. The van der Waals surface area contributed by atoms with Crippen LogP contribution >= 0.6 is 0 Å². The maximum Gasteiger partial charge on any atom is 0.314 e. The Morgan fingerprint density at radius 3 is 2.58 bits per heavy atom. The number of aliphatic carboxylic acids is 1. The first-order chi connectivity index (χ1) is 8.78. The lowest BCUT2D eigenvalue weighted by Crippen LogP contribution is -2.40. The van der Waals surface area contributed by atoms with Gasteiger partial charge in [-0.25, -0.2) is 13.2 Å². The molecule has 2 unspecified atom stereocenters. The summed E-state index contributed by atoms with van der Waals surface area (Å²) in [5.74, 6) is -0.743. The van der Waals surface area contributed by atoms with Gasteiger partial charge in [0.25, 0.3) is 0 Å². The highest BCUT2D eigenvalue weighted by Gasteiger charge is 2.27. The van der Waals surface area contributed by atoms with E-state index in [1.165, 1.54) is 0 Å². The van der Waals surface area contributed by atoms with E-state index in [0.717, 1.165) is 0 Å². The van der Waals surface area contributed by atoms with Crippen LogP contribution in [0.25, 0.3) is 0 Å². The predicted molar refractivity (Wildman–Crippen MR) is 69.6 cm³/mol. The number of carboxylic acid groups (broad SMARTS) is 1. The van der Waals surface area contributed by atoms with Crippen LogP contribution in [0.4, 0.5) is 4.79 Å². The molecule has 1 rings (SSSR count). The molecule has 1 saturated heterocycles. The van der Waals surface area contributed by atoms with E-state index in [-0.39, 0.29) is 42.3 Å². The van der Waals surface area contributed by atoms with Crippen molar-refractivity contribution < 1.29 is 23.1 Å². The summed E-state index contributed by atoms with van der Waals surface area (Å²) in [5.41, 5.74) is 0. The van der Waals surface area contributed by atoms with Crippen LogP contribution < -0.4 is 10.6 Å². The Morgan fingerprint density at radius 1 is 1.37 bits per heavy atom. The molecule has 7 nitrogen and oxygen atoms in total. The van der Waals surface area contributed by atoms with Crippen LogP contribution in [0, 0.1) is 11.8 Å². The molecule has 3 N–H and O–H groups in total. The third-order valence-corrected chi connectivity index (χ3v) is 4.85. The van der Waals surface area contributed by atoms with Gasteiger partial charge in [0.05, 0.1) is 11.5 Å². The van der Waals surface area contributed by atoms with Crippen molar-refractivity contribution in [2.45, 2.75) is 19.8 Å². The lowest BCUT2D eigenvalue weighted by Gasteiger charge is -2.13. The van der Waals surface area contributed by atoms with Gasteiger partial charge >= 0.3 is 12.0 Å². The van der Waals surface area contributed by atoms with Crippen molar-refractivity contribution in [1.29, 1.82) is 0 Å². The van der Waals surface area contributed by atoms with Gasteiger partial charge in [-0.1, -0.05) is 6.92 Å². The number of carboxylic acids is 1. The number of hydrogen-bond acceptors (Lipinski definition) is 4. The Kier molecular flexibility index (Phi) is 5.59. The monoisotopic (exact) mass is 292 g/mol. The van der Waals surface area contributed by atoms with Crippen molar-refractivity contribution >= 4 is 21.8 Å². The zero-order chi connectivity index (χ0) is 14.5. The molecule has 0 aromatic rings. The molecule has 2 atom stereocenters. The molecule has 0 aromatic carbocycles. The molecule has 1 heterocycles. The highest BCUT2D eigenvalue weighted by atomic mass is 32.2. The van der Waals surface area contributed by atoms with E-state index in [1.54, 1.807) is 6.92 Å². The number of rotatable bonds is 6. The summed E-state index contributed by atoms with van der Waals surface area (Å²) >= 11 is 0. The predicted octanol–water partition coefficient (Wildman–Crippen LogP) is -0.169. The number of urea groups is 1. The molecule has 0 radical (unpaired) electrons. The fourth-order valence-corrected chi connectivity index (χ4v) is 3.83. The molecule has 0 saturated carbocycles. The van der Waals surface area contributed by atoms with Crippen molar-refractivity contribution in [3.63, 3.8) is 0 Å². The van der Waals surface area contributed by atoms with Crippen LogP contribution in [0.5, 0.6) is 0 Å². The van der Waals surface area contributed by atoms with Gasteiger partial charge in [-0.15, -0.1) is 0 Å². The van der Waals surface area contributed by atoms with Crippen molar-refractivity contribution in [2.24, 2.45) is 11.8 Å². The van der Waals surface area contributed by atoms with E-state index in [4.69, 9.17) is 5.11 Å². The van der Waals surface area contributed by atoms with Gasteiger partial charge in [0, 0.05) is 19.5 Å². The maximum absolute atomic E-state index is 11.4. The molecular weight excluding hydrogens is 272 g/mol. The van der Waals surface area contributed by atoms with Crippen molar-refractivity contribution in [3.8, 4) is 0 Å². The van der Waals surface area contributed by atoms with Gasteiger partial charge in [-0.3, -0.25) is 4.79 Å². The van der Waals surface area contributed by atoms with Gasteiger partial charge in [0.2, 0.25) is 0 Å². The molecule has 0 bridgehead atoms. The number of amides is 2. The van der Waals surface area contributed by atoms with E-state index in [2.05, 4.69) is 10.6 Å². The lowest BCUT2D eigenvalue weighted by atomic mass is 10.1. The summed E-state index contributed by atoms with van der Waals surface area (Å²) in [4.78, 5) is 21.9. The first kappa shape index (κ1) is 15.7. The molecule has 0 aromatic heterocycles. The standard InChI is InChI=1S/C11H20N2O5S/c1-8(4-10(14)15)5-12-11(16)13-6-9-2-3-19(17,18)7-9/h8-9H,2-7H2,1H3,(H,14,15)(H2,12,13,16). The van der Waals surface area contributed by atoms with Crippen LogP contribution in [0.2, 0.25) is 0 Å². The SMILES string of the molecule is CC(CNC(=O)NCC1CCS(=O)(=O)C1)CC(=O)O. The second kappa shape index (κ2) is 6.74. The summed E-state index contributed by atoms with van der Waals surface area (Å²) in [6.07, 6.45) is 0.583. The van der Waals surface area contributed by atoms with E-state index >= 15 is 0 Å². The van der Waals surface area contributed by atoms with Crippen LogP contribution in [-0.4, -0.2) is 50.1 Å². The molecule has 0 spiro atoms. The molecule has 8 heteroatoms. The summed E-state index contributed by atoms with van der Waals surface area (Å²) in [7, 11) is -2.92. The largest absolute Gasteiger partial charge is 0.481 e. The fourth-order valence-electron chi connectivity index (χ4n) is 1.97. The number of sulfone groups is 1. The number of carbonyl (C=O) groups excluding carboxylic acids is 1. The Hall–Kier alpha value is -1.31. The lowest BCUT2D eigenvalue weighted by molar-refractivity contribution is -0.137. The quantitative estimate of drug-likeness (QED) is 0.629. The summed E-state index contributed by atoms with van der Waals surface area (Å²) in [5, 5.41) is 13.7. The molecule has 0 aliphatic carbocycles. The van der Waals surface area contributed by atoms with Gasteiger partial charge in [-0.2, -0.15) is 0 Å². The fraction of sp³-hybridized carbons (Fsp3) is 0.818. The van der Waals surface area contributed by atoms with Gasteiger partial charge in [-0.05, 0) is 18.3 Å². The van der Waals surface area contributed by atoms with Gasteiger partial charge < -0.3 is 15.7 Å². The number of hydrogen-bond donors (Lipinski definition) is 3. The smallest absolute Gasteiger partial charge is 0.314 e. The van der Waals surface area contributed by atoms with E-state index in [9.17, 15) is 18.0 Å². The normalized spacial score (nSPS) is 22.7. The molecule has 110 valence electrons. The summed E-state index contributed by atoms with van der Waals surface area (Å²) in [6.45, 7) is 2.34. The van der Waals surface area contributed by atoms with E-state index in [0.29, 0.717) is 13.0 Å². The second-order valence-corrected chi connectivity index (χ2v) is 7.29. The summed E-state index contributed by atoms with van der Waals surface area (Å²) < 4.78 is 22.4. The minimum Gasteiger partial charge on any atom is -0.481 e. The Labute approximate surface area is 112 Å². The van der Waals surface area contributed by atoms with Crippen molar-refractivity contribution in [2.75, 3.05) is 24.6 Å². The third kappa shape index (κ3) is 6.42.